The number of likely N-dealkylation sites (tertiary alicyclic amines) is 1. The van der Waals surface area contributed by atoms with Crippen LogP contribution < -0.4 is 15.3 Å². The first-order chi connectivity index (χ1) is 15.8. The summed E-state index contributed by atoms with van der Waals surface area (Å²) in [6.07, 6.45) is 2.11. The minimum Gasteiger partial charge on any atom is -0.342 e. The molecule has 3 rings (SSSR count). The number of hydrogen-bond donors (Lipinski definition) is 3. The van der Waals surface area contributed by atoms with Gasteiger partial charge in [-0.1, -0.05) is 34.6 Å². The number of amidine groups is 1. The van der Waals surface area contributed by atoms with Gasteiger partial charge in [0.05, 0.1) is 17.2 Å². The number of rotatable bonds is 7. The molecule has 0 saturated carbocycles. The van der Waals surface area contributed by atoms with E-state index >= 15 is 0 Å². The molecular formula is C23H35N4O6PS. The third-order valence-electron chi connectivity index (χ3n) is 6.19. The largest absolute Gasteiger partial charge is 0.345 e. The zero-order chi connectivity index (χ0) is 26.6. The van der Waals surface area contributed by atoms with E-state index in [1.54, 1.807) is 11.8 Å². The highest BCUT2D eigenvalue weighted by molar-refractivity contribution is 7.92. The van der Waals surface area contributed by atoms with E-state index in [-0.39, 0.29) is 39.6 Å². The number of nitrogens with one attached hydrogen (secondary N) is 2. The maximum absolute atomic E-state index is 13.7. The summed E-state index contributed by atoms with van der Waals surface area (Å²) in [6, 6.07) is 4.07. The van der Waals surface area contributed by atoms with Gasteiger partial charge in [-0.15, -0.1) is 0 Å². The topological polar surface area (TPSA) is 145 Å². The number of sulfonamides is 1. The number of amides is 1. The summed E-state index contributed by atoms with van der Waals surface area (Å²) in [5.74, 6) is -2.13. The first kappa shape index (κ1) is 27.4. The molecule has 0 aromatic heterocycles. The van der Waals surface area contributed by atoms with Crippen LogP contribution in [0.4, 0.5) is 11.4 Å². The lowest BCUT2D eigenvalue weighted by Crippen LogP contribution is -2.49. The Hall–Kier alpha value is -2.23. The van der Waals surface area contributed by atoms with Crippen molar-refractivity contribution in [1.29, 1.82) is 0 Å². The first-order valence-corrected chi connectivity index (χ1v) is 15.0. The second-order valence-electron chi connectivity index (χ2n) is 11.2. The Morgan fingerprint density at radius 2 is 1.91 bits per heavy atom. The fraction of sp³-hybridized carbons (Fsp3) is 0.609. The summed E-state index contributed by atoms with van der Waals surface area (Å²) in [7, 11) is -7.99. The average Bonchev–Trinajstić information content (AvgIpc) is 2.83. The van der Waals surface area contributed by atoms with Crippen molar-refractivity contribution in [2.45, 2.75) is 59.9 Å². The molecule has 2 aliphatic heterocycles. The van der Waals surface area contributed by atoms with Gasteiger partial charge in [0.15, 0.2) is 11.7 Å². The fourth-order valence-corrected chi connectivity index (χ4v) is 6.53. The molecule has 1 aromatic carbocycles. The number of hydrogen-bond acceptors (Lipinski definition) is 6. The Morgan fingerprint density at radius 3 is 2.46 bits per heavy atom. The van der Waals surface area contributed by atoms with Gasteiger partial charge in [0.25, 0.3) is 0 Å². The molecule has 2 heterocycles. The van der Waals surface area contributed by atoms with Gasteiger partial charge in [-0.05, 0) is 49.3 Å². The van der Waals surface area contributed by atoms with Crippen LogP contribution in [0, 0.1) is 17.3 Å². The number of ketones is 1. The zero-order valence-corrected chi connectivity index (χ0v) is 23.0. The molecule has 1 saturated heterocycles. The number of benzene rings is 1. The van der Waals surface area contributed by atoms with Crippen LogP contribution in [0.5, 0.6) is 0 Å². The Labute approximate surface area is 207 Å². The first-order valence-electron chi connectivity index (χ1n) is 11.5. The van der Waals surface area contributed by atoms with Gasteiger partial charge in [0.2, 0.25) is 15.9 Å². The monoisotopic (exact) mass is 526 g/mol. The van der Waals surface area contributed by atoms with Crippen molar-refractivity contribution in [1.82, 2.24) is 4.90 Å². The standard InChI is InChI=1S/C23H35N4O6PS/c1-14(2)13-23(6)19(28)18(21(29)27(23)11-10-22(3,4)5)20-24-16-9-8-15(26-35(7,32)33)12-17(16)34(30,31)25-20/h8-9,12,14,18,26H,10-11,13H2,1-7H3,(H2,24,25,30,31). The van der Waals surface area contributed by atoms with E-state index in [4.69, 9.17) is 0 Å². The summed E-state index contributed by atoms with van der Waals surface area (Å²) in [5, 5.41) is 2.79. The number of fused-ring (bicyclic) bond motifs is 1. The molecule has 3 atom stereocenters. The summed E-state index contributed by atoms with van der Waals surface area (Å²) in [5.41, 5.74) is -0.821. The minimum atomic E-state index is -4.39. The molecule has 1 aromatic rings. The van der Waals surface area contributed by atoms with Crippen LogP contribution in [0.15, 0.2) is 23.0 Å². The third-order valence-corrected chi connectivity index (χ3v) is 8.28. The number of carbonyl (C=O) groups is 2. The number of anilines is 2. The van der Waals surface area contributed by atoms with Crippen LogP contribution in [-0.4, -0.2) is 54.1 Å². The molecule has 3 unspecified atom stereocenters. The summed E-state index contributed by atoms with van der Waals surface area (Å²) in [4.78, 5) is 39.6. The van der Waals surface area contributed by atoms with Crippen LogP contribution in [0.2, 0.25) is 0 Å². The smallest absolute Gasteiger partial charge is 0.342 e. The van der Waals surface area contributed by atoms with Crippen LogP contribution in [0.25, 0.3) is 0 Å². The van der Waals surface area contributed by atoms with Gasteiger partial charge in [-0.2, -0.15) is 4.76 Å². The van der Waals surface area contributed by atoms with Gasteiger partial charge in [-0.3, -0.25) is 18.9 Å². The molecule has 35 heavy (non-hydrogen) atoms. The lowest BCUT2D eigenvalue weighted by Gasteiger charge is -2.36. The Kier molecular flexibility index (Phi) is 7.05. The number of nitrogens with zero attached hydrogens (tertiary/aromatic N) is 2. The van der Waals surface area contributed by atoms with Crippen molar-refractivity contribution in [3.8, 4) is 0 Å². The number of carbonyl (C=O) groups excluding carboxylic acids is 2. The molecule has 0 bridgehead atoms. The molecule has 10 nitrogen and oxygen atoms in total. The Morgan fingerprint density at radius 1 is 1.29 bits per heavy atom. The van der Waals surface area contributed by atoms with E-state index < -0.39 is 34.9 Å². The highest BCUT2D eigenvalue weighted by Gasteiger charge is 2.58. The number of Topliss-reactive ketones (excluding diaryl/α,β-unsaturated/α-hetero) is 1. The Balaban J connectivity index is 2.01. The van der Waals surface area contributed by atoms with Crippen LogP contribution >= 0.6 is 7.52 Å². The second kappa shape index (κ2) is 9.01. The zero-order valence-electron chi connectivity index (χ0n) is 21.2. The lowest BCUT2D eigenvalue weighted by molar-refractivity contribution is -0.133. The summed E-state index contributed by atoms with van der Waals surface area (Å²) >= 11 is 0. The maximum Gasteiger partial charge on any atom is 0.345 e. The van der Waals surface area contributed by atoms with Gasteiger partial charge >= 0.3 is 7.52 Å². The predicted octanol–water partition coefficient (Wildman–Crippen LogP) is 2.96. The quantitative estimate of drug-likeness (QED) is 0.366. The maximum atomic E-state index is 13.7. The van der Waals surface area contributed by atoms with Gasteiger partial charge in [0.1, 0.15) is 11.4 Å². The summed E-state index contributed by atoms with van der Waals surface area (Å²) in [6.45, 7) is 12.3. The molecule has 3 N–H and O–H groups in total. The molecule has 194 valence electrons. The molecule has 1 amide bonds. The molecule has 2 aliphatic rings. The SMILES string of the molecule is CC(C)CC1(C)C(=O)C(C2=NP(=O)(O)c3cc(NS(C)(=O)=O)ccc3N2)C(=O)N1CCC(C)(C)C. The van der Waals surface area contributed by atoms with Gasteiger partial charge in [0, 0.05) is 12.2 Å². The minimum absolute atomic E-state index is 0.0573. The van der Waals surface area contributed by atoms with Crippen molar-refractivity contribution in [3.05, 3.63) is 18.2 Å². The second-order valence-corrected chi connectivity index (χ2v) is 14.7. The molecule has 1 fully saturated rings. The van der Waals surface area contributed by atoms with Crippen molar-refractivity contribution < 1.29 is 27.5 Å². The fourth-order valence-electron chi connectivity index (χ4n) is 4.65. The summed E-state index contributed by atoms with van der Waals surface area (Å²) < 4.78 is 42.4. The van der Waals surface area contributed by atoms with E-state index in [1.807, 2.05) is 13.8 Å². The van der Waals surface area contributed by atoms with E-state index in [0.717, 1.165) is 6.26 Å². The highest BCUT2D eigenvalue weighted by atomic mass is 32.2. The van der Waals surface area contributed by atoms with E-state index in [2.05, 4.69) is 35.6 Å². The molecule has 0 aliphatic carbocycles. The van der Waals surface area contributed by atoms with Crippen molar-refractivity contribution in [3.63, 3.8) is 0 Å². The van der Waals surface area contributed by atoms with E-state index in [1.165, 1.54) is 18.2 Å². The van der Waals surface area contributed by atoms with Crippen molar-refractivity contribution in [2.24, 2.45) is 22.0 Å². The van der Waals surface area contributed by atoms with Gasteiger partial charge in [-0.25, -0.2) is 8.42 Å². The molecule has 12 heteroatoms. The lowest BCUT2D eigenvalue weighted by atomic mass is 9.83. The van der Waals surface area contributed by atoms with E-state index in [0.29, 0.717) is 19.4 Å². The van der Waals surface area contributed by atoms with Crippen LogP contribution in [0.1, 0.15) is 54.4 Å². The predicted molar refractivity (Wildman–Crippen MR) is 138 cm³/mol. The van der Waals surface area contributed by atoms with Gasteiger partial charge < -0.3 is 15.1 Å². The molecular weight excluding hydrogens is 491 g/mol. The molecule has 0 spiro atoms. The van der Waals surface area contributed by atoms with Crippen molar-refractivity contribution in [2.75, 3.05) is 22.8 Å². The third kappa shape index (κ3) is 5.78. The molecule has 0 radical (unpaired) electrons. The van der Waals surface area contributed by atoms with Crippen molar-refractivity contribution >= 4 is 51.7 Å². The normalized spacial score (nSPS) is 27.1. The highest BCUT2D eigenvalue weighted by Crippen LogP contribution is 2.49. The van der Waals surface area contributed by atoms with Crippen LogP contribution in [0.3, 0.4) is 0 Å². The van der Waals surface area contributed by atoms with E-state index in [9.17, 15) is 27.5 Å². The van der Waals surface area contributed by atoms with Crippen LogP contribution in [-0.2, 0) is 24.2 Å². The average molecular weight is 527 g/mol. The Bertz CT molecular complexity index is 1240.